The highest BCUT2D eigenvalue weighted by atomic mass is 35.5. The van der Waals surface area contributed by atoms with Crippen LogP contribution in [-0.2, 0) is 11.2 Å². The van der Waals surface area contributed by atoms with E-state index in [9.17, 15) is 9.90 Å². The number of halogens is 2. The lowest BCUT2D eigenvalue weighted by atomic mass is 9.83. The number of carbonyl (C=O) groups is 1. The maximum absolute atomic E-state index is 12.7. The van der Waals surface area contributed by atoms with Gasteiger partial charge >= 0.3 is 0 Å². The smallest absolute Gasteiger partial charge is 0.234 e. The first-order chi connectivity index (χ1) is 10.9. The van der Waals surface area contributed by atoms with Gasteiger partial charge in [0.15, 0.2) is 0 Å². The van der Waals surface area contributed by atoms with Crippen molar-refractivity contribution in [3.8, 4) is 0 Å². The molecule has 0 bridgehead atoms. The van der Waals surface area contributed by atoms with Crippen molar-refractivity contribution in [2.24, 2.45) is 5.92 Å². The van der Waals surface area contributed by atoms with Crippen LogP contribution in [0.15, 0.2) is 30.5 Å². The summed E-state index contributed by atoms with van der Waals surface area (Å²) in [4.78, 5) is 14.5. The maximum atomic E-state index is 12.7. The zero-order valence-corrected chi connectivity index (χ0v) is 14.6. The molecule has 23 heavy (non-hydrogen) atoms. The summed E-state index contributed by atoms with van der Waals surface area (Å²) >= 11 is 12.4. The number of benzene rings is 1. The molecule has 5 heteroatoms. The van der Waals surface area contributed by atoms with Gasteiger partial charge in [-0.15, -0.1) is 0 Å². The molecule has 1 aliphatic heterocycles. The Labute approximate surface area is 146 Å². The maximum Gasteiger partial charge on any atom is 0.234 e. The molecule has 1 aliphatic carbocycles. The topological polar surface area (TPSA) is 40.5 Å². The molecule has 1 aromatic rings. The Hall–Kier alpha value is -1.03. The number of hydrogen-bond acceptors (Lipinski definition) is 2. The lowest BCUT2D eigenvalue weighted by Crippen LogP contribution is -2.42. The molecule has 1 amide bonds. The lowest BCUT2D eigenvalue weighted by Gasteiger charge is -2.37. The largest absolute Gasteiger partial charge is 0.390 e. The van der Waals surface area contributed by atoms with E-state index in [2.05, 4.69) is 0 Å². The van der Waals surface area contributed by atoms with Gasteiger partial charge in [0.05, 0.1) is 11.5 Å². The van der Waals surface area contributed by atoms with Crippen molar-refractivity contribution in [3.05, 3.63) is 46.1 Å². The Bertz CT molecular complexity index is 612. The highest BCUT2D eigenvalue weighted by molar-refractivity contribution is 6.36. The van der Waals surface area contributed by atoms with E-state index < -0.39 is 5.60 Å². The van der Waals surface area contributed by atoms with E-state index in [4.69, 9.17) is 23.2 Å². The van der Waals surface area contributed by atoms with Crippen LogP contribution < -0.4 is 0 Å². The first kappa shape index (κ1) is 16.8. The minimum Gasteiger partial charge on any atom is -0.390 e. The Morgan fingerprint density at radius 3 is 2.48 bits per heavy atom. The fourth-order valence-electron chi connectivity index (χ4n) is 3.45. The summed E-state index contributed by atoms with van der Waals surface area (Å²) in [5.74, 6) is -0.109. The molecule has 3 nitrogen and oxygen atoms in total. The van der Waals surface area contributed by atoms with Crippen LogP contribution in [0.25, 0.3) is 0 Å². The van der Waals surface area contributed by atoms with Gasteiger partial charge in [0.25, 0.3) is 0 Å². The molecule has 3 rings (SSSR count). The summed E-state index contributed by atoms with van der Waals surface area (Å²) in [5.41, 5.74) is 0.236. The molecular formula is C18H21Cl2NO2. The zero-order valence-electron chi connectivity index (χ0n) is 13.1. The van der Waals surface area contributed by atoms with Gasteiger partial charge in [0, 0.05) is 22.3 Å². The first-order valence-corrected chi connectivity index (χ1v) is 8.79. The average molecular weight is 354 g/mol. The molecule has 124 valence electrons. The highest BCUT2D eigenvalue weighted by Crippen LogP contribution is 2.35. The molecule has 1 aromatic carbocycles. The molecule has 1 N–H and O–H groups in total. The van der Waals surface area contributed by atoms with Crippen molar-refractivity contribution in [1.29, 1.82) is 0 Å². The monoisotopic (exact) mass is 353 g/mol. The normalized spacial score (nSPS) is 31.0. The molecule has 0 saturated heterocycles. The molecule has 1 saturated carbocycles. The summed E-state index contributed by atoms with van der Waals surface area (Å²) in [6.07, 6.45) is 7.49. The quantitative estimate of drug-likeness (QED) is 0.884. The van der Waals surface area contributed by atoms with Crippen molar-refractivity contribution in [2.45, 2.75) is 50.7 Å². The van der Waals surface area contributed by atoms with Gasteiger partial charge in [-0.05, 0) is 56.7 Å². The number of nitrogens with zero attached hydrogens (tertiary/aromatic N) is 1. The van der Waals surface area contributed by atoms with Gasteiger partial charge in [-0.2, -0.15) is 0 Å². The van der Waals surface area contributed by atoms with Crippen molar-refractivity contribution in [1.82, 2.24) is 4.90 Å². The fourth-order valence-corrected chi connectivity index (χ4v) is 4.00. The number of aliphatic hydroxyl groups is 1. The predicted octanol–water partition coefficient (Wildman–Crippen LogP) is 4.20. The molecule has 0 radical (unpaired) electrons. The second-order valence-electron chi connectivity index (χ2n) is 6.83. The Morgan fingerprint density at radius 1 is 1.26 bits per heavy atom. The molecule has 1 atom stereocenters. The van der Waals surface area contributed by atoms with E-state index in [0.717, 1.165) is 31.2 Å². The van der Waals surface area contributed by atoms with Crippen LogP contribution in [0, 0.1) is 5.92 Å². The van der Waals surface area contributed by atoms with Gasteiger partial charge in [-0.25, -0.2) is 0 Å². The van der Waals surface area contributed by atoms with Crippen LogP contribution in [-0.4, -0.2) is 27.6 Å². The summed E-state index contributed by atoms with van der Waals surface area (Å²) in [7, 11) is 0. The number of rotatable bonds is 3. The molecule has 0 spiro atoms. The molecular weight excluding hydrogens is 333 g/mol. The predicted molar refractivity (Wildman–Crippen MR) is 92.5 cm³/mol. The van der Waals surface area contributed by atoms with E-state index in [1.54, 1.807) is 18.2 Å². The van der Waals surface area contributed by atoms with Crippen LogP contribution in [0.3, 0.4) is 0 Å². The zero-order chi connectivity index (χ0) is 16.6. The van der Waals surface area contributed by atoms with Crippen LogP contribution in [0.5, 0.6) is 0 Å². The molecule has 1 fully saturated rings. The number of amides is 1. The van der Waals surface area contributed by atoms with Crippen LogP contribution >= 0.6 is 23.2 Å². The van der Waals surface area contributed by atoms with Gasteiger partial charge in [0.2, 0.25) is 5.91 Å². The molecule has 0 aromatic heterocycles. The van der Waals surface area contributed by atoms with Crippen molar-refractivity contribution in [3.63, 3.8) is 0 Å². The lowest BCUT2D eigenvalue weighted by molar-refractivity contribution is -0.133. The van der Waals surface area contributed by atoms with E-state index >= 15 is 0 Å². The third-order valence-corrected chi connectivity index (χ3v) is 5.67. The van der Waals surface area contributed by atoms with Crippen molar-refractivity contribution in [2.75, 3.05) is 0 Å². The molecule has 2 aliphatic rings. The first-order valence-electron chi connectivity index (χ1n) is 8.03. The van der Waals surface area contributed by atoms with E-state index in [0.29, 0.717) is 16.5 Å². The standard InChI is InChI=1S/C18H21Cl2NO2/c1-18(23)8-5-13(6-9-18)21-10-7-12(17(21)22)11-14-15(19)3-2-4-16(14)20/h2-4,7,10,12-13,23H,5-6,8-9,11H2,1H3. The van der Waals surface area contributed by atoms with Crippen molar-refractivity contribution >= 4 is 29.1 Å². The minimum absolute atomic E-state index is 0.104. The summed E-state index contributed by atoms with van der Waals surface area (Å²) in [5, 5.41) is 11.3. The van der Waals surface area contributed by atoms with Crippen LogP contribution in [0.1, 0.15) is 38.2 Å². The van der Waals surface area contributed by atoms with Crippen molar-refractivity contribution < 1.29 is 9.90 Å². The number of carbonyl (C=O) groups excluding carboxylic acids is 1. The second-order valence-corrected chi connectivity index (χ2v) is 7.64. The van der Waals surface area contributed by atoms with Gasteiger partial charge in [-0.3, -0.25) is 4.79 Å². The summed E-state index contributed by atoms with van der Waals surface area (Å²) < 4.78 is 0. The van der Waals surface area contributed by atoms with E-state index in [1.165, 1.54) is 0 Å². The minimum atomic E-state index is -0.590. The van der Waals surface area contributed by atoms with Crippen LogP contribution in [0.4, 0.5) is 0 Å². The van der Waals surface area contributed by atoms with Gasteiger partial charge in [0.1, 0.15) is 0 Å². The Balaban J connectivity index is 1.67. The SMILES string of the molecule is CC1(O)CCC(N2C=CC(Cc3c(Cl)cccc3Cl)C2=O)CC1. The van der Waals surface area contributed by atoms with Gasteiger partial charge < -0.3 is 10.0 Å². The highest BCUT2D eigenvalue weighted by Gasteiger charge is 2.37. The Kier molecular flexibility index (Phi) is 4.73. The third kappa shape index (κ3) is 3.57. The second kappa shape index (κ2) is 6.46. The van der Waals surface area contributed by atoms with E-state index in [1.807, 2.05) is 24.1 Å². The number of hydrogen-bond donors (Lipinski definition) is 1. The summed E-state index contributed by atoms with van der Waals surface area (Å²) in [6.45, 7) is 1.87. The summed E-state index contributed by atoms with van der Waals surface area (Å²) in [6, 6.07) is 5.59. The van der Waals surface area contributed by atoms with E-state index in [-0.39, 0.29) is 17.9 Å². The third-order valence-electron chi connectivity index (χ3n) is 4.96. The Morgan fingerprint density at radius 2 is 1.87 bits per heavy atom. The van der Waals surface area contributed by atoms with Crippen LogP contribution in [0.2, 0.25) is 10.0 Å². The molecule has 1 heterocycles. The molecule has 1 unspecified atom stereocenters. The van der Waals surface area contributed by atoms with Gasteiger partial charge in [-0.1, -0.05) is 35.3 Å². The average Bonchev–Trinajstić information content (AvgIpc) is 2.84. The fraction of sp³-hybridized carbons (Fsp3) is 0.500.